The number of aliphatic carboxylic acids is 3. The monoisotopic (exact) mass is 249 g/mol. The molecular formula is C6H15MgN3O6. The summed E-state index contributed by atoms with van der Waals surface area (Å²) in [5.41, 5.74) is 13.7. The Morgan fingerprint density at radius 3 is 0.750 bits per heavy atom. The summed E-state index contributed by atoms with van der Waals surface area (Å²) < 4.78 is 0. The summed E-state index contributed by atoms with van der Waals surface area (Å²) in [4.78, 5) is 27.7. The molecule has 0 aromatic rings. The Labute approximate surface area is 108 Å². The normalized spacial score (nSPS) is 6.94. The van der Waals surface area contributed by atoms with Crippen LogP contribution in [-0.4, -0.2) is 75.9 Å². The molecule has 0 aromatic carbocycles. The fourth-order valence-electron chi connectivity index (χ4n) is 0. The van der Waals surface area contributed by atoms with Crippen LogP contribution >= 0.6 is 0 Å². The Balaban J connectivity index is -0.0000000655. The second-order valence-corrected chi connectivity index (χ2v) is 1.79. The van der Waals surface area contributed by atoms with E-state index in [4.69, 9.17) is 15.3 Å². The van der Waals surface area contributed by atoms with Gasteiger partial charge in [-0.15, -0.1) is 0 Å². The highest BCUT2D eigenvalue weighted by Gasteiger charge is 1.81. The third-order valence-electron chi connectivity index (χ3n) is 0.524. The molecule has 0 aliphatic heterocycles. The molecular weight excluding hydrogens is 234 g/mol. The third-order valence-corrected chi connectivity index (χ3v) is 0.524. The minimum atomic E-state index is -0.968. The number of nitrogens with two attached hydrogens (primary N) is 3. The Bertz CT molecular complexity index is 167. The molecule has 9 nitrogen and oxygen atoms in total. The first-order valence-corrected chi connectivity index (χ1v) is 3.57. The summed E-state index contributed by atoms with van der Waals surface area (Å²) in [5.74, 6) is -2.90. The molecule has 9 N–H and O–H groups in total. The molecule has 0 unspecified atom stereocenters. The Morgan fingerprint density at radius 2 is 0.750 bits per heavy atom. The van der Waals surface area contributed by atoms with Gasteiger partial charge in [0.25, 0.3) is 0 Å². The average Bonchev–Trinajstić information content (AvgIpc) is 2.19. The molecule has 2 radical (unpaired) electrons. The summed E-state index contributed by atoms with van der Waals surface area (Å²) in [6.07, 6.45) is 0. The van der Waals surface area contributed by atoms with E-state index in [0.29, 0.717) is 0 Å². The topological polar surface area (TPSA) is 190 Å². The first-order valence-electron chi connectivity index (χ1n) is 3.57. The maximum atomic E-state index is 9.24. The van der Waals surface area contributed by atoms with Crippen molar-refractivity contribution < 1.29 is 29.7 Å². The number of hydrogen-bond donors (Lipinski definition) is 6. The van der Waals surface area contributed by atoms with Gasteiger partial charge in [-0.05, 0) is 0 Å². The molecule has 0 amide bonds. The van der Waals surface area contributed by atoms with Gasteiger partial charge in [0, 0.05) is 23.1 Å². The average molecular weight is 250 g/mol. The lowest BCUT2D eigenvalue weighted by atomic mass is 10.7. The van der Waals surface area contributed by atoms with E-state index in [1.807, 2.05) is 0 Å². The van der Waals surface area contributed by atoms with Crippen molar-refractivity contribution in [2.24, 2.45) is 17.2 Å². The molecule has 0 saturated carbocycles. The predicted molar refractivity (Wildman–Crippen MR) is 55.8 cm³/mol. The zero-order chi connectivity index (χ0) is 12.9. The highest BCUT2D eigenvalue weighted by atomic mass is 24.3. The predicted octanol–water partition coefficient (Wildman–Crippen LogP) is -3.29. The maximum Gasteiger partial charge on any atom is 0.317 e. The van der Waals surface area contributed by atoms with E-state index in [0.717, 1.165) is 0 Å². The van der Waals surface area contributed by atoms with Gasteiger partial charge in [0.1, 0.15) is 0 Å². The van der Waals surface area contributed by atoms with Gasteiger partial charge < -0.3 is 32.5 Å². The molecule has 92 valence electrons. The van der Waals surface area contributed by atoms with Crippen LogP contribution in [0.1, 0.15) is 0 Å². The van der Waals surface area contributed by atoms with Crippen LogP contribution in [0.4, 0.5) is 0 Å². The van der Waals surface area contributed by atoms with Gasteiger partial charge in [0.2, 0.25) is 0 Å². The molecule has 0 rings (SSSR count). The Morgan fingerprint density at radius 1 is 0.688 bits per heavy atom. The minimum absolute atomic E-state index is 0. The van der Waals surface area contributed by atoms with Gasteiger partial charge >= 0.3 is 17.9 Å². The number of carboxylic acids is 3. The van der Waals surface area contributed by atoms with E-state index in [2.05, 4.69) is 17.2 Å². The summed E-state index contributed by atoms with van der Waals surface area (Å²) in [6, 6.07) is 0. The fourth-order valence-corrected chi connectivity index (χ4v) is 0. The molecule has 0 aliphatic carbocycles. The third kappa shape index (κ3) is 74.2. The first-order chi connectivity index (χ1) is 6.81. The molecule has 0 saturated heterocycles. The maximum absolute atomic E-state index is 9.24. The Kier molecular flexibility index (Phi) is 29.8. The van der Waals surface area contributed by atoms with Gasteiger partial charge in [-0.2, -0.15) is 0 Å². The van der Waals surface area contributed by atoms with Gasteiger partial charge in [0.15, 0.2) is 0 Å². The SMILES string of the molecule is NCC(=O)O.NCC(=O)O.NCC(=O)O.[Mg]. The zero-order valence-electron chi connectivity index (χ0n) is 8.63. The van der Waals surface area contributed by atoms with Crippen molar-refractivity contribution in [1.29, 1.82) is 0 Å². The van der Waals surface area contributed by atoms with Crippen LogP contribution in [0.3, 0.4) is 0 Å². The largest absolute Gasteiger partial charge is 0.480 e. The van der Waals surface area contributed by atoms with Crippen LogP contribution in [-0.2, 0) is 14.4 Å². The molecule has 0 fully saturated rings. The van der Waals surface area contributed by atoms with Crippen molar-refractivity contribution in [3.8, 4) is 0 Å². The molecule has 0 atom stereocenters. The van der Waals surface area contributed by atoms with Gasteiger partial charge in [-0.1, -0.05) is 0 Å². The number of rotatable bonds is 3. The van der Waals surface area contributed by atoms with Crippen molar-refractivity contribution in [3.63, 3.8) is 0 Å². The first kappa shape index (κ1) is 24.3. The van der Waals surface area contributed by atoms with Crippen molar-refractivity contribution in [2.45, 2.75) is 0 Å². The van der Waals surface area contributed by atoms with Crippen molar-refractivity contribution in [3.05, 3.63) is 0 Å². The lowest BCUT2D eigenvalue weighted by Crippen LogP contribution is -2.10. The standard InChI is InChI=1S/3C2H5NO2.Mg/c3*3-1-2(4)5;/h3*1,3H2,(H,4,5);. The second-order valence-electron chi connectivity index (χ2n) is 1.79. The summed E-state index contributed by atoms with van der Waals surface area (Å²) in [7, 11) is 0. The molecule has 0 bridgehead atoms. The Hall–Kier alpha value is -0.944. The summed E-state index contributed by atoms with van der Waals surface area (Å²) in [5, 5.41) is 22.8. The van der Waals surface area contributed by atoms with Crippen LogP contribution in [0.2, 0.25) is 0 Å². The number of carboxylic acid groups (broad SMARTS) is 3. The van der Waals surface area contributed by atoms with Crippen molar-refractivity contribution in [2.75, 3.05) is 19.6 Å². The van der Waals surface area contributed by atoms with Crippen LogP contribution in [0.25, 0.3) is 0 Å². The molecule has 10 heteroatoms. The van der Waals surface area contributed by atoms with Gasteiger partial charge in [-0.25, -0.2) is 0 Å². The highest BCUT2D eigenvalue weighted by Crippen LogP contribution is 1.44. The highest BCUT2D eigenvalue weighted by molar-refractivity contribution is 5.75. The minimum Gasteiger partial charge on any atom is -0.480 e. The molecule has 0 aromatic heterocycles. The zero-order valence-corrected chi connectivity index (χ0v) is 10.0. The smallest absolute Gasteiger partial charge is 0.317 e. The molecule has 0 spiro atoms. The molecule has 16 heavy (non-hydrogen) atoms. The molecule has 0 heterocycles. The number of carbonyl (C=O) groups is 3. The second kappa shape index (κ2) is 19.6. The van der Waals surface area contributed by atoms with Crippen LogP contribution in [0, 0.1) is 0 Å². The lowest BCUT2D eigenvalue weighted by molar-refractivity contribution is -0.136. The van der Waals surface area contributed by atoms with Crippen molar-refractivity contribution in [1.82, 2.24) is 0 Å². The lowest BCUT2D eigenvalue weighted by Gasteiger charge is -1.73. The van der Waals surface area contributed by atoms with E-state index >= 15 is 0 Å². The van der Waals surface area contributed by atoms with Gasteiger partial charge in [-0.3, -0.25) is 14.4 Å². The van der Waals surface area contributed by atoms with Crippen LogP contribution in [0.5, 0.6) is 0 Å². The fraction of sp³-hybridized carbons (Fsp3) is 0.500. The van der Waals surface area contributed by atoms with Crippen LogP contribution < -0.4 is 17.2 Å². The summed E-state index contributed by atoms with van der Waals surface area (Å²) >= 11 is 0. The quantitative estimate of drug-likeness (QED) is 0.278. The molecule has 0 aliphatic rings. The number of hydrogen-bond acceptors (Lipinski definition) is 6. The summed E-state index contributed by atoms with van der Waals surface area (Å²) in [6.45, 7) is -0.833. The van der Waals surface area contributed by atoms with E-state index in [1.54, 1.807) is 0 Å². The van der Waals surface area contributed by atoms with Gasteiger partial charge in [0.05, 0.1) is 19.6 Å². The van der Waals surface area contributed by atoms with E-state index < -0.39 is 17.9 Å². The van der Waals surface area contributed by atoms with E-state index in [-0.39, 0.29) is 42.7 Å². The van der Waals surface area contributed by atoms with Crippen molar-refractivity contribution >= 4 is 41.0 Å². The van der Waals surface area contributed by atoms with E-state index in [9.17, 15) is 14.4 Å². The van der Waals surface area contributed by atoms with E-state index in [1.165, 1.54) is 0 Å². The van der Waals surface area contributed by atoms with Crippen LogP contribution in [0.15, 0.2) is 0 Å².